The molecule has 0 bridgehead atoms. The zero-order chi connectivity index (χ0) is 23.8. The molecule has 0 saturated heterocycles. The van der Waals surface area contributed by atoms with Crippen LogP contribution in [-0.4, -0.2) is 30.0 Å². The van der Waals surface area contributed by atoms with Gasteiger partial charge in [-0.3, -0.25) is 4.79 Å². The number of hydrogen-bond acceptors (Lipinski definition) is 3. The molecule has 4 nitrogen and oxygen atoms in total. The standard InChI is InChI=1S/C24H22F5N3O/c1-32(20-13-21(24(27,28)29)31-19-8-3-2-5-16(19)20)15-11-9-14(10-12-15)30-23(33)17-6-4-7-18(25)22(17)26/h2-8,13-15H,9-12H2,1H3,(H,30,33). The molecular formula is C24H22F5N3O. The van der Waals surface area contributed by atoms with Crippen molar-refractivity contribution in [3.63, 3.8) is 0 Å². The number of amides is 1. The van der Waals surface area contributed by atoms with Crippen LogP contribution in [0.15, 0.2) is 48.5 Å². The third-order valence-corrected chi connectivity index (χ3v) is 6.14. The highest BCUT2D eigenvalue weighted by molar-refractivity contribution is 5.94. The van der Waals surface area contributed by atoms with Gasteiger partial charge >= 0.3 is 6.18 Å². The number of carbonyl (C=O) groups excluding carboxylic acids is 1. The molecule has 1 amide bonds. The van der Waals surface area contributed by atoms with Gasteiger partial charge in [-0.05, 0) is 49.9 Å². The third kappa shape index (κ3) is 4.77. The number of benzene rings is 2. The Balaban J connectivity index is 1.48. The number of fused-ring (bicyclic) bond motifs is 1. The molecule has 1 aliphatic carbocycles. The number of aromatic nitrogens is 1. The number of nitrogens with one attached hydrogen (secondary N) is 1. The van der Waals surface area contributed by atoms with E-state index in [1.165, 1.54) is 12.1 Å². The molecule has 3 aromatic rings. The molecule has 1 fully saturated rings. The van der Waals surface area contributed by atoms with Crippen molar-refractivity contribution >= 4 is 22.5 Å². The van der Waals surface area contributed by atoms with Crippen LogP contribution in [-0.2, 0) is 6.18 Å². The van der Waals surface area contributed by atoms with Gasteiger partial charge < -0.3 is 10.2 Å². The summed E-state index contributed by atoms with van der Waals surface area (Å²) in [4.78, 5) is 18.0. The van der Waals surface area contributed by atoms with Gasteiger partial charge in [0.15, 0.2) is 11.6 Å². The van der Waals surface area contributed by atoms with Crippen LogP contribution in [0, 0.1) is 11.6 Å². The highest BCUT2D eigenvalue weighted by Crippen LogP contribution is 2.36. The smallest absolute Gasteiger partial charge is 0.371 e. The molecule has 4 rings (SSSR count). The van der Waals surface area contributed by atoms with E-state index in [1.54, 1.807) is 31.3 Å². The topological polar surface area (TPSA) is 45.2 Å². The van der Waals surface area contributed by atoms with Gasteiger partial charge in [0.05, 0.1) is 11.1 Å². The summed E-state index contributed by atoms with van der Waals surface area (Å²) in [5.41, 5.74) is -0.576. The minimum Gasteiger partial charge on any atom is -0.371 e. The lowest BCUT2D eigenvalue weighted by Gasteiger charge is -2.37. The maximum Gasteiger partial charge on any atom is 0.433 e. The number of alkyl halides is 3. The fraction of sp³-hybridized carbons (Fsp3) is 0.333. The molecule has 0 aliphatic heterocycles. The Morgan fingerprint density at radius 1 is 1.03 bits per heavy atom. The van der Waals surface area contributed by atoms with E-state index in [9.17, 15) is 26.7 Å². The van der Waals surface area contributed by atoms with Crippen molar-refractivity contribution in [1.82, 2.24) is 10.3 Å². The summed E-state index contributed by atoms with van der Waals surface area (Å²) in [6, 6.07) is 10.9. The summed E-state index contributed by atoms with van der Waals surface area (Å²) < 4.78 is 67.5. The van der Waals surface area contributed by atoms with Gasteiger partial charge in [-0.2, -0.15) is 13.2 Å². The van der Waals surface area contributed by atoms with Gasteiger partial charge in [0.1, 0.15) is 5.69 Å². The zero-order valence-electron chi connectivity index (χ0n) is 17.8. The van der Waals surface area contributed by atoms with Crippen molar-refractivity contribution in [3.05, 3.63) is 71.4 Å². The molecular weight excluding hydrogens is 441 g/mol. The van der Waals surface area contributed by atoms with Crippen molar-refractivity contribution in [2.45, 2.75) is 43.9 Å². The second-order valence-corrected chi connectivity index (χ2v) is 8.23. The number of carbonyl (C=O) groups is 1. The van der Waals surface area contributed by atoms with E-state index >= 15 is 0 Å². The van der Waals surface area contributed by atoms with Crippen molar-refractivity contribution in [2.24, 2.45) is 0 Å². The molecule has 1 N–H and O–H groups in total. The molecule has 1 saturated carbocycles. The lowest BCUT2D eigenvalue weighted by Crippen LogP contribution is -2.43. The normalized spacial score (nSPS) is 18.8. The van der Waals surface area contributed by atoms with Gasteiger partial charge in [0, 0.05) is 30.2 Å². The lowest BCUT2D eigenvalue weighted by molar-refractivity contribution is -0.140. The number of anilines is 1. The summed E-state index contributed by atoms with van der Waals surface area (Å²) in [5.74, 6) is -2.96. The quantitative estimate of drug-likeness (QED) is 0.504. The fourth-order valence-corrected chi connectivity index (χ4v) is 4.34. The van der Waals surface area contributed by atoms with Gasteiger partial charge in [-0.15, -0.1) is 0 Å². The first-order valence-corrected chi connectivity index (χ1v) is 10.6. The Morgan fingerprint density at radius 3 is 2.42 bits per heavy atom. The number of pyridine rings is 1. The SMILES string of the molecule is CN(c1cc(C(F)(F)F)nc2ccccc12)C1CCC(NC(=O)c2cccc(F)c2F)CC1. The molecule has 1 aliphatic rings. The second-order valence-electron chi connectivity index (χ2n) is 8.23. The van der Waals surface area contributed by atoms with E-state index in [-0.39, 0.29) is 23.2 Å². The molecule has 174 valence electrons. The summed E-state index contributed by atoms with van der Waals surface area (Å²) in [6.45, 7) is 0. The van der Waals surface area contributed by atoms with Crippen LogP contribution in [0.3, 0.4) is 0 Å². The molecule has 0 spiro atoms. The van der Waals surface area contributed by atoms with Gasteiger partial charge in [0.25, 0.3) is 5.91 Å². The molecule has 0 radical (unpaired) electrons. The van der Waals surface area contributed by atoms with E-state index in [4.69, 9.17) is 0 Å². The van der Waals surface area contributed by atoms with Crippen LogP contribution in [0.2, 0.25) is 0 Å². The van der Waals surface area contributed by atoms with Gasteiger partial charge in [-0.1, -0.05) is 24.3 Å². The van der Waals surface area contributed by atoms with E-state index in [1.807, 2.05) is 4.90 Å². The Hall–Kier alpha value is -3.23. The summed E-state index contributed by atoms with van der Waals surface area (Å²) in [7, 11) is 1.76. The Kier molecular flexibility index (Phi) is 6.23. The van der Waals surface area contributed by atoms with Crippen molar-refractivity contribution in [2.75, 3.05) is 11.9 Å². The van der Waals surface area contributed by atoms with E-state index in [0.29, 0.717) is 36.8 Å². The molecule has 0 atom stereocenters. The minimum absolute atomic E-state index is 0.0454. The van der Waals surface area contributed by atoms with Crippen LogP contribution in [0.4, 0.5) is 27.6 Å². The summed E-state index contributed by atoms with van der Waals surface area (Å²) in [6.07, 6.45) is -2.20. The van der Waals surface area contributed by atoms with Crippen LogP contribution in [0.5, 0.6) is 0 Å². The first-order chi connectivity index (χ1) is 15.6. The fourth-order valence-electron chi connectivity index (χ4n) is 4.34. The predicted octanol–water partition coefficient (Wildman–Crippen LogP) is 5.71. The largest absolute Gasteiger partial charge is 0.433 e. The minimum atomic E-state index is -4.56. The van der Waals surface area contributed by atoms with Crippen LogP contribution >= 0.6 is 0 Å². The Labute approximate surface area is 187 Å². The molecule has 2 aromatic carbocycles. The highest BCUT2D eigenvalue weighted by Gasteiger charge is 2.34. The third-order valence-electron chi connectivity index (χ3n) is 6.14. The first-order valence-electron chi connectivity index (χ1n) is 10.6. The number of rotatable bonds is 4. The van der Waals surface area contributed by atoms with Crippen molar-refractivity contribution < 1.29 is 26.7 Å². The van der Waals surface area contributed by atoms with E-state index in [0.717, 1.165) is 12.1 Å². The van der Waals surface area contributed by atoms with E-state index < -0.39 is 29.4 Å². The Morgan fingerprint density at radius 2 is 1.73 bits per heavy atom. The maximum atomic E-state index is 13.9. The molecule has 1 heterocycles. The summed E-state index contributed by atoms with van der Waals surface area (Å²) in [5, 5.41) is 3.37. The van der Waals surface area contributed by atoms with Gasteiger partial charge in [0.2, 0.25) is 0 Å². The zero-order valence-corrected chi connectivity index (χ0v) is 17.8. The monoisotopic (exact) mass is 463 g/mol. The number of para-hydroxylation sites is 1. The van der Waals surface area contributed by atoms with Crippen LogP contribution in [0.25, 0.3) is 10.9 Å². The Bertz CT molecular complexity index is 1170. The highest BCUT2D eigenvalue weighted by atomic mass is 19.4. The average molecular weight is 463 g/mol. The number of nitrogens with zero attached hydrogens (tertiary/aromatic N) is 2. The second kappa shape index (κ2) is 8.96. The summed E-state index contributed by atoms with van der Waals surface area (Å²) >= 11 is 0. The maximum absolute atomic E-state index is 13.9. The molecule has 9 heteroatoms. The average Bonchev–Trinajstić information content (AvgIpc) is 2.79. The van der Waals surface area contributed by atoms with Crippen LogP contribution < -0.4 is 10.2 Å². The molecule has 0 unspecified atom stereocenters. The van der Waals surface area contributed by atoms with E-state index in [2.05, 4.69) is 10.3 Å². The molecule has 33 heavy (non-hydrogen) atoms. The molecule has 1 aromatic heterocycles. The predicted molar refractivity (Wildman–Crippen MR) is 115 cm³/mol. The van der Waals surface area contributed by atoms with Gasteiger partial charge in [-0.25, -0.2) is 13.8 Å². The lowest BCUT2D eigenvalue weighted by atomic mass is 9.89. The first kappa shape index (κ1) is 22.9. The van der Waals surface area contributed by atoms with Crippen LogP contribution in [0.1, 0.15) is 41.7 Å². The number of halogens is 5. The van der Waals surface area contributed by atoms with Crippen molar-refractivity contribution in [1.29, 1.82) is 0 Å². The van der Waals surface area contributed by atoms with Crippen molar-refractivity contribution in [3.8, 4) is 0 Å². The number of hydrogen-bond donors (Lipinski definition) is 1.